The molecule has 2 atom stereocenters. The molecule has 0 heterocycles. The Morgan fingerprint density at radius 2 is 2.06 bits per heavy atom. The molecular formula is C15H29NO2. The fourth-order valence-corrected chi connectivity index (χ4v) is 3.67. The van der Waals surface area contributed by atoms with E-state index in [1.165, 1.54) is 26.4 Å². The minimum atomic E-state index is -0.0906. The van der Waals surface area contributed by atoms with Crippen LogP contribution in [0.25, 0.3) is 0 Å². The van der Waals surface area contributed by atoms with Gasteiger partial charge in [-0.15, -0.1) is 0 Å². The van der Waals surface area contributed by atoms with E-state index in [0.29, 0.717) is 12.3 Å². The zero-order chi connectivity index (χ0) is 13.8. The van der Waals surface area contributed by atoms with E-state index in [4.69, 9.17) is 4.74 Å². The molecule has 0 aromatic heterocycles. The number of carbonyl (C=O) groups excluding carboxylic acids is 1. The lowest BCUT2D eigenvalue weighted by molar-refractivity contribution is -0.144. The SMILES string of the molecule is CCNC1(CC(=O)OC)CCCCC1C(C)(C)C. The van der Waals surface area contributed by atoms with Gasteiger partial charge in [0.05, 0.1) is 13.5 Å². The normalized spacial score (nSPS) is 29.1. The van der Waals surface area contributed by atoms with E-state index in [0.717, 1.165) is 13.0 Å². The Morgan fingerprint density at radius 1 is 1.39 bits per heavy atom. The van der Waals surface area contributed by atoms with E-state index >= 15 is 0 Å². The van der Waals surface area contributed by atoms with E-state index in [-0.39, 0.29) is 16.9 Å². The van der Waals surface area contributed by atoms with Crippen LogP contribution in [0.1, 0.15) is 59.8 Å². The van der Waals surface area contributed by atoms with Crippen LogP contribution in [0.15, 0.2) is 0 Å². The van der Waals surface area contributed by atoms with Gasteiger partial charge >= 0.3 is 5.97 Å². The molecule has 3 heteroatoms. The summed E-state index contributed by atoms with van der Waals surface area (Å²) in [7, 11) is 1.48. The molecule has 0 aromatic carbocycles. The zero-order valence-corrected chi connectivity index (χ0v) is 12.6. The van der Waals surface area contributed by atoms with Crippen molar-refractivity contribution < 1.29 is 9.53 Å². The predicted octanol–water partition coefficient (Wildman–Crippen LogP) is 3.13. The van der Waals surface area contributed by atoms with E-state index in [1.54, 1.807) is 0 Å². The summed E-state index contributed by atoms with van der Waals surface area (Å²) in [5.41, 5.74) is 0.148. The van der Waals surface area contributed by atoms with E-state index in [2.05, 4.69) is 33.0 Å². The quantitative estimate of drug-likeness (QED) is 0.784. The van der Waals surface area contributed by atoms with Crippen molar-refractivity contribution in [3.63, 3.8) is 0 Å². The third-order valence-corrected chi connectivity index (χ3v) is 4.29. The number of methoxy groups -OCH3 is 1. The third-order valence-electron chi connectivity index (χ3n) is 4.29. The molecule has 0 saturated heterocycles. The topological polar surface area (TPSA) is 38.3 Å². The van der Waals surface area contributed by atoms with Crippen LogP contribution < -0.4 is 5.32 Å². The molecule has 106 valence electrons. The van der Waals surface area contributed by atoms with Crippen molar-refractivity contribution in [1.82, 2.24) is 5.32 Å². The van der Waals surface area contributed by atoms with Crippen LogP contribution in [0.4, 0.5) is 0 Å². The highest BCUT2D eigenvalue weighted by Crippen LogP contribution is 2.46. The van der Waals surface area contributed by atoms with Crippen LogP contribution in [0.2, 0.25) is 0 Å². The van der Waals surface area contributed by atoms with Gasteiger partial charge in [-0.1, -0.05) is 40.5 Å². The number of ether oxygens (including phenoxy) is 1. The zero-order valence-electron chi connectivity index (χ0n) is 12.6. The van der Waals surface area contributed by atoms with Gasteiger partial charge in [-0.05, 0) is 30.7 Å². The van der Waals surface area contributed by atoms with Gasteiger partial charge in [0.25, 0.3) is 0 Å². The molecule has 1 N–H and O–H groups in total. The van der Waals surface area contributed by atoms with E-state index in [9.17, 15) is 4.79 Å². The molecule has 0 bridgehead atoms. The number of hydrogen-bond donors (Lipinski definition) is 1. The lowest BCUT2D eigenvalue weighted by atomic mass is 9.61. The number of rotatable bonds is 4. The average Bonchev–Trinajstić information content (AvgIpc) is 2.28. The number of carbonyl (C=O) groups is 1. The van der Waals surface area contributed by atoms with Gasteiger partial charge in [0.15, 0.2) is 0 Å². The molecule has 2 unspecified atom stereocenters. The molecule has 1 saturated carbocycles. The highest BCUT2D eigenvalue weighted by Gasteiger charge is 2.46. The molecule has 0 aromatic rings. The van der Waals surface area contributed by atoms with Gasteiger partial charge in [0, 0.05) is 5.54 Å². The molecular weight excluding hydrogens is 226 g/mol. The van der Waals surface area contributed by atoms with Gasteiger partial charge in [-0.3, -0.25) is 4.79 Å². The average molecular weight is 255 g/mol. The molecule has 0 aliphatic heterocycles. The second-order valence-corrected chi connectivity index (χ2v) is 6.60. The summed E-state index contributed by atoms with van der Waals surface area (Å²) in [6.45, 7) is 9.88. The highest BCUT2D eigenvalue weighted by molar-refractivity contribution is 5.70. The molecule has 3 nitrogen and oxygen atoms in total. The molecule has 0 amide bonds. The minimum absolute atomic E-state index is 0.0711. The monoisotopic (exact) mass is 255 g/mol. The molecule has 1 fully saturated rings. The lowest BCUT2D eigenvalue weighted by Crippen LogP contribution is -2.57. The number of nitrogens with one attached hydrogen (secondary N) is 1. The summed E-state index contributed by atoms with van der Waals surface area (Å²) < 4.78 is 4.91. The second-order valence-electron chi connectivity index (χ2n) is 6.60. The van der Waals surface area contributed by atoms with Crippen LogP contribution in [-0.2, 0) is 9.53 Å². The van der Waals surface area contributed by atoms with Crippen LogP contribution in [0, 0.1) is 11.3 Å². The first-order valence-corrected chi connectivity index (χ1v) is 7.17. The van der Waals surface area contributed by atoms with Crippen LogP contribution >= 0.6 is 0 Å². The first-order valence-electron chi connectivity index (χ1n) is 7.17. The largest absolute Gasteiger partial charge is 0.469 e. The highest BCUT2D eigenvalue weighted by atomic mass is 16.5. The fraction of sp³-hybridized carbons (Fsp3) is 0.933. The fourth-order valence-electron chi connectivity index (χ4n) is 3.67. The molecule has 0 radical (unpaired) electrons. The van der Waals surface area contributed by atoms with Crippen molar-refractivity contribution >= 4 is 5.97 Å². The van der Waals surface area contributed by atoms with Crippen LogP contribution in [-0.4, -0.2) is 25.2 Å². The number of hydrogen-bond acceptors (Lipinski definition) is 3. The first kappa shape index (κ1) is 15.5. The lowest BCUT2D eigenvalue weighted by Gasteiger charge is -2.50. The maximum absolute atomic E-state index is 11.8. The van der Waals surface area contributed by atoms with E-state index in [1.807, 2.05) is 0 Å². The Kier molecular flexibility index (Phi) is 5.20. The van der Waals surface area contributed by atoms with Gasteiger partial charge in [0.2, 0.25) is 0 Å². The summed E-state index contributed by atoms with van der Waals surface area (Å²) in [6.07, 6.45) is 5.26. The Morgan fingerprint density at radius 3 is 2.56 bits per heavy atom. The molecule has 1 rings (SSSR count). The Bertz CT molecular complexity index is 279. The summed E-state index contributed by atoms with van der Waals surface area (Å²) in [5.74, 6) is 0.435. The second kappa shape index (κ2) is 6.05. The van der Waals surface area contributed by atoms with Crippen molar-refractivity contribution in [2.45, 2.75) is 65.3 Å². The first-order chi connectivity index (χ1) is 8.35. The smallest absolute Gasteiger partial charge is 0.307 e. The third kappa shape index (κ3) is 3.47. The van der Waals surface area contributed by atoms with Crippen LogP contribution in [0.3, 0.4) is 0 Å². The number of esters is 1. The summed E-state index contributed by atoms with van der Waals surface area (Å²) in [5, 5.41) is 3.62. The molecule has 18 heavy (non-hydrogen) atoms. The maximum atomic E-state index is 11.8. The van der Waals surface area contributed by atoms with Crippen molar-refractivity contribution in [3.05, 3.63) is 0 Å². The van der Waals surface area contributed by atoms with Gasteiger partial charge in [-0.2, -0.15) is 0 Å². The maximum Gasteiger partial charge on any atom is 0.307 e. The van der Waals surface area contributed by atoms with Gasteiger partial charge in [0.1, 0.15) is 0 Å². The minimum Gasteiger partial charge on any atom is -0.469 e. The molecule has 1 aliphatic carbocycles. The molecule has 0 spiro atoms. The predicted molar refractivity (Wildman–Crippen MR) is 74.5 cm³/mol. The van der Waals surface area contributed by atoms with Crippen molar-refractivity contribution in [2.24, 2.45) is 11.3 Å². The van der Waals surface area contributed by atoms with Gasteiger partial charge in [-0.25, -0.2) is 0 Å². The molecule has 1 aliphatic rings. The standard InChI is InChI=1S/C15H29NO2/c1-6-16-15(11-13(17)18-5)10-8-7-9-12(15)14(2,3)4/h12,16H,6-11H2,1-5H3. The Hall–Kier alpha value is -0.570. The van der Waals surface area contributed by atoms with Crippen molar-refractivity contribution in [3.8, 4) is 0 Å². The summed E-state index contributed by atoms with van der Waals surface area (Å²) in [6, 6.07) is 0. The Balaban J connectivity index is 2.99. The summed E-state index contributed by atoms with van der Waals surface area (Å²) >= 11 is 0. The van der Waals surface area contributed by atoms with Crippen molar-refractivity contribution in [1.29, 1.82) is 0 Å². The van der Waals surface area contributed by atoms with Gasteiger partial charge < -0.3 is 10.1 Å². The summed E-state index contributed by atoms with van der Waals surface area (Å²) in [4.78, 5) is 11.8. The van der Waals surface area contributed by atoms with Crippen LogP contribution in [0.5, 0.6) is 0 Å². The Labute approximate surface area is 112 Å². The van der Waals surface area contributed by atoms with Crippen molar-refractivity contribution in [2.75, 3.05) is 13.7 Å². The van der Waals surface area contributed by atoms with E-state index < -0.39 is 0 Å².